The lowest BCUT2D eigenvalue weighted by atomic mass is 9.74. The summed E-state index contributed by atoms with van der Waals surface area (Å²) in [5.74, 6) is 0. The van der Waals surface area contributed by atoms with Gasteiger partial charge in [0.1, 0.15) is 0 Å². The lowest BCUT2D eigenvalue weighted by Gasteiger charge is -2.34. The highest BCUT2D eigenvalue weighted by molar-refractivity contribution is 7.13. The molecule has 2 aliphatic heterocycles. The zero-order chi connectivity index (χ0) is 13.7. The summed E-state index contributed by atoms with van der Waals surface area (Å²) in [6.07, 6.45) is 4.02. The topological polar surface area (TPSA) is 71.2 Å². The van der Waals surface area contributed by atoms with Crippen LogP contribution in [0.15, 0.2) is 18.3 Å². The molecule has 1 fully saturated rings. The predicted molar refractivity (Wildman–Crippen MR) is 80.3 cm³/mol. The summed E-state index contributed by atoms with van der Waals surface area (Å²) in [6, 6.07) is 3.71. The van der Waals surface area contributed by atoms with Crippen molar-refractivity contribution in [3.8, 4) is 0 Å². The van der Waals surface area contributed by atoms with E-state index in [4.69, 9.17) is 5.73 Å². The number of carbonyl (C=O) groups is 1. The standard InChI is InChI=1S/C14H16N4OS/c15-13(19)18-8-14(3-5-16-6-4-14)12-9-7-17-20-11(9)2-1-10(12)18/h1-2,7,16H,3-6,8H2,(H2,15,19). The number of hydrogen-bond donors (Lipinski definition) is 2. The number of urea groups is 1. The second-order valence-corrected chi connectivity index (χ2v) is 6.49. The molecule has 4 rings (SSSR count). The molecular formula is C14H16N4OS. The second kappa shape index (κ2) is 4.17. The van der Waals surface area contributed by atoms with E-state index in [2.05, 4.69) is 9.69 Å². The number of hydrogen-bond acceptors (Lipinski definition) is 4. The molecule has 1 aromatic carbocycles. The van der Waals surface area contributed by atoms with Crippen LogP contribution in [0.2, 0.25) is 0 Å². The lowest BCUT2D eigenvalue weighted by Crippen LogP contribution is -2.45. The molecule has 2 amide bonds. The zero-order valence-corrected chi connectivity index (χ0v) is 11.9. The molecule has 0 unspecified atom stereocenters. The van der Waals surface area contributed by atoms with Crippen molar-refractivity contribution < 1.29 is 4.79 Å². The maximum atomic E-state index is 11.8. The van der Waals surface area contributed by atoms with E-state index in [1.807, 2.05) is 18.3 Å². The predicted octanol–water partition coefficient (Wildman–Crippen LogP) is 1.82. The summed E-state index contributed by atoms with van der Waals surface area (Å²) in [4.78, 5) is 13.5. The third-order valence-corrected chi connectivity index (χ3v) is 5.39. The number of fused-ring (bicyclic) bond motifs is 4. The van der Waals surface area contributed by atoms with Crippen molar-refractivity contribution in [2.75, 3.05) is 24.5 Å². The normalized spacial score (nSPS) is 20.5. The number of benzene rings is 1. The van der Waals surface area contributed by atoms with Gasteiger partial charge in [-0.15, -0.1) is 0 Å². The Morgan fingerprint density at radius 1 is 1.40 bits per heavy atom. The minimum Gasteiger partial charge on any atom is -0.351 e. The number of aromatic nitrogens is 1. The fourth-order valence-electron chi connectivity index (χ4n) is 3.69. The van der Waals surface area contributed by atoms with Gasteiger partial charge >= 0.3 is 6.03 Å². The van der Waals surface area contributed by atoms with E-state index in [0.29, 0.717) is 6.54 Å². The highest BCUT2D eigenvalue weighted by Gasteiger charge is 2.46. The molecule has 3 N–H and O–H groups in total. The first-order valence-electron chi connectivity index (χ1n) is 6.87. The Kier molecular flexibility index (Phi) is 2.52. The Morgan fingerprint density at radius 2 is 2.20 bits per heavy atom. The molecule has 1 aromatic heterocycles. The van der Waals surface area contributed by atoms with Crippen molar-refractivity contribution >= 4 is 33.3 Å². The van der Waals surface area contributed by atoms with Crippen molar-refractivity contribution in [3.63, 3.8) is 0 Å². The molecule has 0 bridgehead atoms. The van der Waals surface area contributed by atoms with Crippen LogP contribution in [-0.2, 0) is 5.41 Å². The molecule has 5 nitrogen and oxygen atoms in total. The third-order valence-electron chi connectivity index (χ3n) is 4.62. The fraction of sp³-hybridized carbons (Fsp3) is 0.429. The first-order chi connectivity index (χ1) is 9.71. The van der Waals surface area contributed by atoms with E-state index in [0.717, 1.165) is 31.6 Å². The second-order valence-electron chi connectivity index (χ2n) is 5.65. The van der Waals surface area contributed by atoms with Crippen molar-refractivity contribution in [2.45, 2.75) is 18.3 Å². The van der Waals surface area contributed by atoms with Crippen molar-refractivity contribution in [1.82, 2.24) is 9.69 Å². The number of carbonyl (C=O) groups excluding carboxylic acids is 1. The van der Waals surface area contributed by atoms with E-state index in [-0.39, 0.29) is 11.4 Å². The van der Waals surface area contributed by atoms with Gasteiger partial charge in [0.25, 0.3) is 0 Å². The number of nitrogens with two attached hydrogens (primary N) is 1. The Hall–Kier alpha value is -1.66. The maximum Gasteiger partial charge on any atom is 0.319 e. The third kappa shape index (κ3) is 1.52. The van der Waals surface area contributed by atoms with E-state index in [1.54, 1.807) is 4.90 Å². The van der Waals surface area contributed by atoms with Gasteiger partial charge in [0.15, 0.2) is 0 Å². The van der Waals surface area contributed by atoms with Gasteiger partial charge in [0, 0.05) is 23.5 Å². The zero-order valence-electron chi connectivity index (χ0n) is 11.1. The van der Waals surface area contributed by atoms with Crippen LogP contribution in [0, 0.1) is 0 Å². The summed E-state index contributed by atoms with van der Waals surface area (Å²) in [5, 5.41) is 4.60. The number of piperidine rings is 1. The molecule has 0 radical (unpaired) electrons. The molecule has 104 valence electrons. The number of nitrogens with one attached hydrogen (secondary N) is 1. The van der Waals surface area contributed by atoms with Gasteiger partial charge in [-0.1, -0.05) is 0 Å². The Labute approximate surface area is 120 Å². The number of anilines is 1. The van der Waals surface area contributed by atoms with Crippen LogP contribution in [0.4, 0.5) is 10.5 Å². The Balaban J connectivity index is 1.98. The van der Waals surface area contributed by atoms with Crippen molar-refractivity contribution in [1.29, 1.82) is 0 Å². The smallest absolute Gasteiger partial charge is 0.319 e. The minimum absolute atomic E-state index is 0.0396. The molecule has 3 heterocycles. The monoisotopic (exact) mass is 288 g/mol. The Bertz CT molecular complexity index is 690. The average molecular weight is 288 g/mol. The summed E-state index contributed by atoms with van der Waals surface area (Å²) in [6.45, 7) is 2.67. The first-order valence-corrected chi connectivity index (χ1v) is 7.64. The highest BCUT2D eigenvalue weighted by Crippen LogP contribution is 2.49. The van der Waals surface area contributed by atoms with Crippen molar-refractivity contribution in [3.05, 3.63) is 23.9 Å². The van der Waals surface area contributed by atoms with Gasteiger partial charge in [-0.3, -0.25) is 4.90 Å². The molecule has 2 aromatic rings. The van der Waals surface area contributed by atoms with E-state index in [1.165, 1.54) is 27.2 Å². The molecule has 1 spiro atoms. The van der Waals surface area contributed by atoms with E-state index < -0.39 is 0 Å². The highest BCUT2D eigenvalue weighted by atomic mass is 32.1. The van der Waals surface area contributed by atoms with Crippen LogP contribution < -0.4 is 16.0 Å². The maximum absolute atomic E-state index is 11.8. The van der Waals surface area contributed by atoms with Gasteiger partial charge < -0.3 is 11.1 Å². The average Bonchev–Trinajstić information content (AvgIpc) is 3.03. The van der Waals surface area contributed by atoms with Gasteiger partial charge in [-0.05, 0) is 55.2 Å². The van der Waals surface area contributed by atoms with E-state index in [9.17, 15) is 4.79 Å². The molecule has 2 aliphatic rings. The molecule has 6 heteroatoms. The van der Waals surface area contributed by atoms with Gasteiger partial charge in [0.2, 0.25) is 0 Å². The fourth-order valence-corrected chi connectivity index (χ4v) is 4.35. The summed E-state index contributed by atoms with van der Waals surface area (Å²) >= 11 is 1.51. The first kappa shape index (κ1) is 12.1. The lowest BCUT2D eigenvalue weighted by molar-refractivity contribution is 0.251. The summed E-state index contributed by atoms with van der Waals surface area (Å²) in [7, 11) is 0. The largest absolute Gasteiger partial charge is 0.351 e. The molecule has 0 atom stereocenters. The molecular weight excluding hydrogens is 272 g/mol. The summed E-state index contributed by atoms with van der Waals surface area (Å²) in [5.41, 5.74) is 7.88. The number of primary amides is 1. The van der Waals surface area contributed by atoms with E-state index >= 15 is 0 Å². The molecule has 1 saturated heterocycles. The summed E-state index contributed by atoms with van der Waals surface area (Å²) < 4.78 is 5.51. The SMILES string of the molecule is NC(=O)N1CC2(CCNCC2)c2c1ccc1sncc21. The minimum atomic E-state index is -0.357. The molecule has 0 aliphatic carbocycles. The van der Waals surface area contributed by atoms with Crippen LogP contribution >= 0.6 is 11.5 Å². The number of amides is 2. The van der Waals surface area contributed by atoms with Crippen LogP contribution in [0.25, 0.3) is 10.1 Å². The Morgan fingerprint density at radius 3 is 2.95 bits per heavy atom. The van der Waals surface area contributed by atoms with Gasteiger partial charge in [-0.25, -0.2) is 4.79 Å². The van der Waals surface area contributed by atoms with Crippen LogP contribution in [0.1, 0.15) is 18.4 Å². The molecule has 0 saturated carbocycles. The molecule has 20 heavy (non-hydrogen) atoms. The van der Waals surface area contributed by atoms with Gasteiger partial charge in [-0.2, -0.15) is 4.37 Å². The van der Waals surface area contributed by atoms with Crippen LogP contribution in [0.5, 0.6) is 0 Å². The number of nitrogens with zero attached hydrogens (tertiary/aromatic N) is 2. The van der Waals surface area contributed by atoms with Crippen LogP contribution in [-0.4, -0.2) is 30.0 Å². The van der Waals surface area contributed by atoms with Crippen molar-refractivity contribution in [2.24, 2.45) is 5.73 Å². The van der Waals surface area contributed by atoms with Crippen LogP contribution in [0.3, 0.4) is 0 Å². The quantitative estimate of drug-likeness (QED) is 0.776. The number of rotatable bonds is 0. The van der Waals surface area contributed by atoms with Gasteiger partial charge in [0.05, 0.1) is 10.4 Å².